The van der Waals surface area contributed by atoms with Gasteiger partial charge in [-0.15, -0.1) is 0 Å². The molecule has 2 rings (SSSR count). The topological polar surface area (TPSA) is 99.3 Å². The fourth-order valence-corrected chi connectivity index (χ4v) is 3.70. The van der Waals surface area contributed by atoms with Crippen molar-refractivity contribution in [2.75, 3.05) is 13.1 Å². The van der Waals surface area contributed by atoms with Crippen LogP contribution < -0.4 is 21.3 Å². The van der Waals surface area contributed by atoms with Gasteiger partial charge in [0.25, 0.3) is 5.91 Å². The largest absolute Gasteiger partial charge is 0.416 e. The van der Waals surface area contributed by atoms with Crippen molar-refractivity contribution in [3.8, 4) is 0 Å². The van der Waals surface area contributed by atoms with Crippen LogP contribution in [0.1, 0.15) is 47.8 Å². The number of halogens is 4. The Bertz CT molecular complexity index is 1100. The van der Waals surface area contributed by atoms with Gasteiger partial charge >= 0.3 is 6.18 Å². The van der Waals surface area contributed by atoms with Crippen LogP contribution in [0, 0.1) is 6.92 Å². The van der Waals surface area contributed by atoms with Crippen molar-refractivity contribution < 1.29 is 27.6 Å². The van der Waals surface area contributed by atoms with Crippen LogP contribution in [-0.2, 0) is 22.3 Å². The number of nitrogens with one attached hydrogen (secondary N) is 4. The normalized spacial score (nSPS) is 12.6. The molecule has 0 heterocycles. The number of alkyl halides is 3. The van der Waals surface area contributed by atoms with Gasteiger partial charge in [0, 0.05) is 28.7 Å². The SMILES string of the molecule is Cc1cc(Br)ccc1CNCC(NC(=O)CNC(=O)c1cccc(C(F)(F)F)c1)C(=O)NC(C)(C)C. The van der Waals surface area contributed by atoms with Crippen LogP contribution in [-0.4, -0.2) is 42.4 Å². The van der Waals surface area contributed by atoms with Gasteiger partial charge in [0.1, 0.15) is 6.04 Å². The molecule has 0 aliphatic heterocycles. The number of hydrogen-bond acceptors (Lipinski definition) is 4. The summed E-state index contributed by atoms with van der Waals surface area (Å²) < 4.78 is 39.6. The first-order valence-corrected chi connectivity index (χ1v) is 12.0. The molecule has 36 heavy (non-hydrogen) atoms. The Kier molecular flexibility index (Phi) is 10.1. The van der Waals surface area contributed by atoms with Crippen LogP contribution in [0.15, 0.2) is 46.9 Å². The Morgan fingerprint density at radius 1 is 1.03 bits per heavy atom. The van der Waals surface area contributed by atoms with Crippen LogP contribution in [0.5, 0.6) is 0 Å². The van der Waals surface area contributed by atoms with Crippen LogP contribution in [0.2, 0.25) is 0 Å². The van der Waals surface area contributed by atoms with E-state index in [0.717, 1.165) is 27.7 Å². The number of carbonyl (C=O) groups is 3. The summed E-state index contributed by atoms with van der Waals surface area (Å²) in [5.74, 6) is -1.91. The molecule has 1 unspecified atom stereocenters. The lowest BCUT2D eigenvalue weighted by Crippen LogP contribution is -2.56. The maximum Gasteiger partial charge on any atom is 0.416 e. The quantitative estimate of drug-likeness (QED) is 0.369. The smallest absolute Gasteiger partial charge is 0.350 e. The molecule has 11 heteroatoms. The molecule has 0 aliphatic carbocycles. The molecule has 3 amide bonds. The average molecular weight is 571 g/mol. The van der Waals surface area contributed by atoms with Crippen LogP contribution in [0.3, 0.4) is 0 Å². The number of amides is 3. The van der Waals surface area contributed by atoms with Crippen LogP contribution >= 0.6 is 15.9 Å². The van der Waals surface area contributed by atoms with E-state index in [0.29, 0.717) is 12.6 Å². The van der Waals surface area contributed by atoms with Crippen molar-refractivity contribution in [3.05, 3.63) is 69.2 Å². The lowest BCUT2D eigenvalue weighted by atomic mass is 10.1. The second-order valence-corrected chi connectivity index (χ2v) is 10.2. The van der Waals surface area contributed by atoms with Gasteiger partial charge in [0.2, 0.25) is 11.8 Å². The minimum atomic E-state index is -4.59. The van der Waals surface area contributed by atoms with Gasteiger partial charge in [0.15, 0.2) is 0 Å². The average Bonchev–Trinajstić information content (AvgIpc) is 2.76. The summed E-state index contributed by atoms with van der Waals surface area (Å²) in [6.07, 6.45) is -4.59. The number of carbonyl (C=O) groups excluding carboxylic acids is 3. The summed E-state index contributed by atoms with van der Waals surface area (Å²) in [7, 11) is 0. The molecule has 0 fully saturated rings. The summed E-state index contributed by atoms with van der Waals surface area (Å²) >= 11 is 3.41. The Morgan fingerprint density at radius 2 is 1.72 bits per heavy atom. The molecule has 0 aromatic heterocycles. The van der Waals surface area contributed by atoms with E-state index in [9.17, 15) is 27.6 Å². The second kappa shape index (κ2) is 12.4. The van der Waals surface area contributed by atoms with E-state index in [1.54, 1.807) is 20.8 Å². The van der Waals surface area contributed by atoms with E-state index in [4.69, 9.17) is 0 Å². The van der Waals surface area contributed by atoms with E-state index in [2.05, 4.69) is 37.2 Å². The predicted molar refractivity (Wildman–Crippen MR) is 134 cm³/mol. The van der Waals surface area contributed by atoms with Crippen molar-refractivity contribution in [1.29, 1.82) is 0 Å². The summed E-state index contributed by atoms with van der Waals surface area (Å²) in [5.41, 5.74) is 0.332. The minimum Gasteiger partial charge on any atom is -0.350 e. The van der Waals surface area contributed by atoms with E-state index in [1.807, 2.05) is 25.1 Å². The molecular formula is C25H30BrF3N4O3. The summed E-state index contributed by atoms with van der Waals surface area (Å²) in [4.78, 5) is 37.5. The highest BCUT2D eigenvalue weighted by Gasteiger charge is 2.31. The van der Waals surface area contributed by atoms with E-state index in [-0.39, 0.29) is 12.1 Å². The van der Waals surface area contributed by atoms with Gasteiger partial charge in [-0.1, -0.05) is 28.1 Å². The fourth-order valence-electron chi connectivity index (χ4n) is 3.22. The third kappa shape index (κ3) is 9.62. The highest BCUT2D eigenvalue weighted by molar-refractivity contribution is 9.10. The molecule has 0 radical (unpaired) electrons. The number of rotatable bonds is 9. The van der Waals surface area contributed by atoms with Crippen LogP contribution in [0.4, 0.5) is 13.2 Å². The fraction of sp³-hybridized carbons (Fsp3) is 0.400. The van der Waals surface area contributed by atoms with Crippen molar-refractivity contribution in [2.24, 2.45) is 0 Å². The van der Waals surface area contributed by atoms with Crippen LogP contribution in [0.25, 0.3) is 0 Å². The second-order valence-electron chi connectivity index (χ2n) is 9.32. The molecule has 2 aromatic carbocycles. The van der Waals surface area contributed by atoms with Crippen molar-refractivity contribution >= 4 is 33.7 Å². The number of hydrogen-bond donors (Lipinski definition) is 4. The molecule has 2 aromatic rings. The zero-order valence-electron chi connectivity index (χ0n) is 20.5. The zero-order chi connectivity index (χ0) is 27.1. The van der Waals surface area contributed by atoms with Crippen molar-refractivity contribution in [2.45, 2.75) is 52.0 Å². The van der Waals surface area contributed by atoms with Gasteiger partial charge in [-0.2, -0.15) is 13.2 Å². The van der Waals surface area contributed by atoms with Gasteiger partial charge in [0.05, 0.1) is 12.1 Å². The third-order valence-electron chi connectivity index (χ3n) is 4.98. The van der Waals surface area contributed by atoms with E-state index in [1.165, 1.54) is 6.07 Å². The Hall–Kier alpha value is -2.92. The molecule has 0 saturated heterocycles. The predicted octanol–water partition coefficient (Wildman–Crippen LogP) is 3.70. The van der Waals surface area contributed by atoms with Gasteiger partial charge in [-0.3, -0.25) is 14.4 Å². The summed E-state index contributed by atoms with van der Waals surface area (Å²) in [6.45, 7) is 7.43. The first-order chi connectivity index (χ1) is 16.7. The molecule has 0 bridgehead atoms. The van der Waals surface area contributed by atoms with Crippen molar-refractivity contribution in [3.63, 3.8) is 0 Å². The summed E-state index contributed by atoms with van der Waals surface area (Å²) in [6, 6.07) is 8.76. The Balaban J connectivity index is 1.99. The van der Waals surface area contributed by atoms with Gasteiger partial charge in [-0.25, -0.2) is 0 Å². The Morgan fingerprint density at radius 3 is 2.33 bits per heavy atom. The molecule has 7 nitrogen and oxygen atoms in total. The molecular weight excluding hydrogens is 541 g/mol. The maximum atomic E-state index is 12.9. The number of aryl methyl sites for hydroxylation is 1. The standard InChI is InChI=1S/C25H30BrF3N4O3/c1-15-10-19(26)9-8-17(15)12-30-13-20(23(36)33-24(2,3)4)32-21(34)14-31-22(35)16-6-5-7-18(11-16)25(27,28)29/h5-11,20,30H,12-14H2,1-4H3,(H,31,35)(H,32,34)(H,33,36). The van der Waals surface area contributed by atoms with Gasteiger partial charge in [-0.05, 0) is 69.2 Å². The first kappa shape index (κ1) is 29.3. The highest BCUT2D eigenvalue weighted by Crippen LogP contribution is 2.29. The van der Waals surface area contributed by atoms with E-state index < -0.39 is 47.6 Å². The van der Waals surface area contributed by atoms with Crippen molar-refractivity contribution in [1.82, 2.24) is 21.3 Å². The highest BCUT2D eigenvalue weighted by atomic mass is 79.9. The van der Waals surface area contributed by atoms with Gasteiger partial charge < -0.3 is 21.3 Å². The molecule has 0 spiro atoms. The molecule has 0 aliphatic rings. The summed E-state index contributed by atoms with van der Waals surface area (Å²) in [5, 5.41) is 10.8. The Labute approximate surface area is 216 Å². The zero-order valence-corrected chi connectivity index (χ0v) is 22.1. The molecule has 4 N–H and O–H groups in total. The number of benzene rings is 2. The lowest BCUT2D eigenvalue weighted by Gasteiger charge is -2.26. The lowest BCUT2D eigenvalue weighted by molar-refractivity contribution is -0.137. The maximum absolute atomic E-state index is 12.9. The monoisotopic (exact) mass is 570 g/mol. The minimum absolute atomic E-state index is 0.116. The molecule has 196 valence electrons. The molecule has 0 saturated carbocycles. The third-order valence-corrected chi connectivity index (χ3v) is 5.47. The van der Waals surface area contributed by atoms with E-state index >= 15 is 0 Å². The molecule has 1 atom stereocenters. The first-order valence-electron chi connectivity index (χ1n) is 11.2.